The summed E-state index contributed by atoms with van der Waals surface area (Å²) in [6.07, 6.45) is -4.73. The van der Waals surface area contributed by atoms with Gasteiger partial charge in [0.15, 0.2) is 0 Å². The molecule has 1 aliphatic heterocycles. The Bertz CT molecular complexity index is 788. The number of nitrogens with one attached hydrogen (secondary N) is 1. The molecule has 27 heavy (non-hydrogen) atoms. The number of aryl methyl sites for hydroxylation is 1. The number of alkyl halides is 3. The molecule has 0 unspecified atom stereocenters. The fraction of sp³-hybridized carbons (Fsp3) is 0.368. The van der Waals surface area contributed by atoms with Crippen LogP contribution < -0.4 is 15.8 Å². The van der Waals surface area contributed by atoms with Gasteiger partial charge in [0, 0.05) is 31.7 Å². The molecule has 0 aliphatic carbocycles. The molecular weight excluding hydrogens is 359 g/mol. The molecule has 5 nitrogen and oxygen atoms in total. The van der Waals surface area contributed by atoms with E-state index >= 15 is 0 Å². The van der Waals surface area contributed by atoms with Crippen molar-refractivity contribution in [3.05, 3.63) is 53.1 Å². The van der Waals surface area contributed by atoms with E-state index in [9.17, 15) is 18.3 Å². The maximum Gasteiger partial charge on any atom is 0.573 e. The molecule has 0 saturated carbocycles. The number of piperazine rings is 1. The highest BCUT2D eigenvalue weighted by molar-refractivity contribution is 5.61. The van der Waals surface area contributed by atoms with E-state index in [1.807, 2.05) is 13.0 Å². The predicted molar refractivity (Wildman–Crippen MR) is 96.7 cm³/mol. The van der Waals surface area contributed by atoms with E-state index in [1.54, 1.807) is 18.2 Å². The normalized spacial score (nSPS) is 16.9. The third-order valence-electron chi connectivity index (χ3n) is 4.69. The number of phenols is 1. The van der Waals surface area contributed by atoms with Crippen molar-refractivity contribution in [1.82, 2.24) is 10.2 Å². The molecule has 0 radical (unpaired) electrons. The minimum atomic E-state index is -4.73. The summed E-state index contributed by atoms with van der Waals surface area (Å²) >= 11 is 0. The summed E-state index contributed by atoms with van der Waals surface area (Å²) in [5, 5.41) is 13.9. The average molecular weight is 381 g/mol. The van der Waals surface area contributed by atoms with E-state index < -0.39 is 6.36 Å². The number of halogens is 3. The van der Waals surface area contributed by atoms with Crippen molar-refractivity contribution in [2.45, 2.75) is 19.3 Å². The molecule has 2 aromatic rings. The summed E-state index contributed by atoms with van der Waals surface area (Å²) in [5.74, 6) is -0.270. The van der Waals surface area contributed by atoms with E-state index in [-0.39, 0.29) is 23.2 Å². The molecule has 146 valence electrons. The molecule has 1 heterocycles. The highest BCUT2D eigenvalue weighted by Crippen LogP contribution is 2.40. The molecule has 0 aromatic heterocycles. The van der Waals surface area contributed by atoms with Crippen molar-refractivity contribution in [3.8, 4) is 11.5 Å². The molecule has 0 bridgehead atoms. The molecule has 2 aromatic carbocycles. The van der Waals surface area contributed by atoms with Gasteiger partial charge in [-0.2, -0.15) is 0 Å². The average Bonchev–Trinajstić information content (AvgIpc) is 2.62. The Balaban J connectivity index is 2.02. The fourth-order valence-corrected chi connectivity index (χ4v) is 3.42. The SMILES string of the molecule is Cc1ccc(N)c(O)c1[C@H](c1ccc(OC(F)(F)F)cc1)N1CCNCC1. The number of benzene rings is 2. The number of aromatic hydroxyl groups is 1. The van der Waals surface area contributed by atoms with E-state index in [0.29, 0.717) is 5.56 Å². The monoisotopic (exact) mass is 381 g/mol. The quantitative estimate of drug-likeness (QED) is 0.561. The lowest BCUT2D eigenvalue weighted by Crippen LogP contribution is -2.45. The number of anilines is 1. The number of nitrogens with zero attached hydrogens (tertiary/aromatic N) is 1. The van der Waals surface area contributed by atoms with E-state index in [0.717, 1.165) is 37.3 Å². The smallest absolute Gasteiger partial charge is 0.505 e. The molecule has 1 atom stereocenters. The van der Waals surface area contributed by atoms with Crippen LogP contribution in [0.15, 0.2) is 36.4 Å². The fourth-order valence-electron chi connectivity index (χ4n) is 3.42. The molecular formula is C19H22F3N3O2. The second-order valence-electron chi connectivity index (χ2n) is 6.54. The summed E-state index contributed by atoms with van der Waals surface area (Å²) in [7, 11) is 0. The van der Waals surface area contributed by atoms with Gasteiger partial charge in [-0.15, -0.1) is 13.2 Å². The van der Waals surface area contributed by atoms with Gasteiger partial charge < -0.3 is 20.9 Å². The van der Waals surface area contributed by atoms with E-state index in [1.165, 1.54) is 12.1 Å². The van der Waals surface area contributed by atoms with Gasteiger partial charge in [0.1, 0.15) is 11.5 Å². The van der Waals surface area contributed by atoms with Crippen molar-refractivity contribution >= 4 is 5.69 Å². The Morgan fingerprint density at radius 2 is 1.74 bits per heavy atom. The first-order chi connectivity index (χ1) is 12.8. The van der Waals surface area contributed by atoms with Crippen molar-refractivity contribution in [3.63, 3.8) is 0 Å². The molecule has 1 aliphatic rings. The van der Waals surface area contributed by atoms with E-state index in [4.69, 9.17) is 5.73 Å². The molecule has 0 spiro atoms. The molecule has 1 fully saturated rings. The largest absolute Gasteiger partial charge is 0.573 e. The molecule has 0 amide bonds. The Morgan fingerprint density at radius 1 is 1.11 bits per heavy atom. The van der Waals surface area contributed by atoms with Gasteiger partial charge in [-0.1, -0.05) is 18.2 Å². The van der Waals surface area contributed by atoms with Gasteiger partial charge in [-0.3, -0.25) is 4.90 Å². The summed E-state index contributed by atoms with van der Waals surface area (Å²) in [5.41, 5.74) is 8.46. The van der Waals surface area contributed by atoms with Gasteiger partial charge in [0.05, 0.1) is 11.7 Å². The zero-order valence-corrected chi connectivity index (χ0v) is 14.9. The number of rotatable bonds is 4. The number of ether oxygens (including phenoxy) is 1. The van der Waals surface area contributed by atoms with Crippen LogP contribution in [0.5, 0.6) is 11.5 Å². The zero-order chi connectivity index (χ0) is 19.6. The number of nitrogen functional groups attached to an aromatic ring is 1. The maximum absolute atomic E-state index is 12.4. The van der Waals surface area contributed by atoms with E-state index in [2.05, 4.69) is 15.0 Å². The summed E-state index contributed by atoms with van der Waals surface area (Å²) < 4.78 is 41.2. The summed E-state index contributed by atoms with van der Waals surface area (Å²) in [6.45, 7) is 4.92. The van der Waals surface area contributed by atoms with Gasteiger partial charge in [0.2, 0.25) is 0 Å². The van der Waals surface area contributed by atoms with Crippen LogP contribution in [0.4, 0.5) is 18.9 Å². The first-order valence-electron chi connectivity index (χ1n) is 8.64. The highest BCUT2D eigenvalue weighted by Gasteiger charge is 2.32. The van der Waals surface area contributed by atoms with Gasteiger partial charge in [-0.25, -0.2) is 0 Å². The van der Waals surface area contributed by atoms with Crippen molar-refractivity contribution < 1.29 is 23.0 Å². The van der Waals surface area contributed by atoms with Crippen molar-refractivity contribution in [2.24, 2.45) is 0 Å². The molecule has 8 heteroatoms. The Hall–Kier alpha value is -2.45. The Labute approximate surface area is 155 Å². The molecule has 3 rings (SSSR count). The maximum atomic E-state index is 12.4. The minimum Gasteiger partial charge on any atom is -0.505 e. The second kappa shape index (κ2) is 7.66. The Morgan fingerprint density at radius 3 is 2.33 bits per heavy atom. The van der Waals surface area contributed by atoms with Crippen LogP contribution >= 0.6 is 0 Å². The lowest BCUT2D eigenvalue weighted by atomic mass is 9.91. The van der Waals surface area contributed by atoms with Gasteiger partial charge in [0.25, 0.3) is 0 Å². The van der Waals surface area contributed by atoms with Crippen LogP contribution in [-0.4, -0.2) is 42.5 Å². The first-order valence-corrected chi connectivity index (χ1v) is 8.64. The number of hydrogen-bond donors (Lipinski definition) is 3. The third-order valence-corrected chi connectivity index (χ3v) is 4.69. The lowest BCUT2D eigenvalue weighted by molar-refractivity contribution is -0.274. The number of hydrogen-bond acceptors (Lipinski definition) is 5. The molecule has 4 N–H and O–H groups in total. The van der Waals surface area contributed by atoms with Crippen molar-refractivity contribution in [2.75, 3.05) is 31.9 Å². The van der Waals surface area contributed by atoms with Crippen LogP contribution in [-0.2, 0) is 0 Å². The number of phenolic OH excluding ortho intramolecular Hbond substituents is 1. The van der Waals surface area contributed by atoms with Crippen LogP contribution in [0, 0.1) is 6.92 Å². The summed E-state index contributed by atoms with van der Waals surface area (Å²) in [4.78, 5) is 2.18. The third kappa shape index (κ3) is 4.45. The van der Waals surface area contributed by atoms with Crippen LogP contribution in [0.1, 0.15) is 22.7 Å². The Kier molecular flexibility index (Phi) is 5.48. The highest BCUT2D eigenvalue weighted by atomic mass is 19.4. The summed E-state index contributed by atoms with van der Waals surface area (Å²) in [6, 6.07) is 8.92. The minimum absolute atomic E-state index is 0.00847. The standard InChI is InChI=1S/C19H22F3N3O2/c1-12-2-7-15(23)18(26)16(12)17(25-10-8-24-9-11-25)13-3-5-14(6-4-13)27-19(20,21)22/h2-7,17,24,26H,8-11,23H2,1H3/t17-/m0/s1. The second-order valence-corrected chi connectivity index (χ2v) is 6.54. The zero-order valence-electron chi connectivity index (χ0n) is 14.9. The molecule has 1 saturated heterocycles. The van der Waals surface area contributed by atoms with Gasteiger partial charge >= 0.3 is 6.36 Å². The van der Waals surface area contributed by atoms with Gasteiger partial charge in [-0.05, 0) is 36.2 Å². The van der Waals surface area contributed by atoms with Crippen LogP contribution in [0.2, 0.25) is 0 Å². The van der Waals surface area contributed by atoms with Crippen molar-refractivity contribution in [1.29, 1.82) is 0 Å². The van der Waals surface area contributed by atoms with Crippen LogP contribution in [0.25, 0.3) is 0 Å². The lowest BCUT2D eigenvalue weighted by Gasteiger charge is -2.36. The predicted octanol–water partition coefficient (Wildman–Crippen LogP) is 3.18. The number of nitrogens with two attached hydrogens (primary N) is 1. The topological polar surface area (TPSA) is 70.8 Å². The van der Waals surface area contributed by atoms with Crippen LogP contribution in [0.3, 0.4) is 0 Å². The first kappa shape index (κ1) is 19.3.